The predicted octanol–water partition coefficient (Wildman–Crippen LogP) is 4.02. The van der Waals surface area contributed by atoms with E-state index in [9.17, 15) is 18.0 Å². The summed E-state index contributed by atoms with van der Waals surface area (Å²) in [4.78, 5) is 12.3. The first-order valence-electron chi connectivity index (χ1n) is 7.93. The third kappa shape index (κ3) is 4.30. The number of carbonyl (C=O) groups excluding carboxylic acids is 1. The fourth-order valence-electron chi connectivity index (χ4n) is 2.31. The van der Waals surface area contributed by atoms with Crippen molar-refractivity contribution in [1.82, 2.24) is 14.8 Å². The van der Waals surface area contributed by atoms with Gasteiger partial charge in [0, 0.05) is 18.7 Å². The van der Waals surface area contributed by atoms with Crippen LogP contribution in [0.5, 0.6) is 0 Å². The topological polar surface area (TPSA) is 59.8 Å². The first-order chi connectivity index (χ1) is 12.8. The number of hydrogen-bond acceptors (Lipinski definition) is 4. The Morgan fingerprint density at radius 1 is 1.07 bits per heavy atom. The van der Waals surface area contributed by atoms with Crippen LogP contribution in [0.2, 0.25) is 0 Å². The zero-order valence-electron chi connectivity index (χ0n) is 14.4. The molecule has 1 atom stereocenters. The summed E-state index contributed by atoms with van der Waals surface area (Å²) in [5.74, 6) is -1.72. The summed E-state index contributed by atoms with van der Waals surface area (Å²) in [5, 5.41) is 10.3. The third-order valence-electron chi connectivity index (χ3n) is 3.78. The van der Waals surface area contributed by atoms with Crippen molar-refractivity contribution >= 4 is 23.4 Å². The summed E-state index contributed by atoms with van der Waals surface area (Å²) in [7, 11) is 1.72. The van der Waals surface area contributed by atoms with Crippen LogP contribution < -0.4 is 5.32 Å². The lowest BCUT2D eigenvalue weighted by Gasteiger charge is -2.12. The van der Waals surface area contributed by atoms with Crippen molar-refractivity contribution in [2.45, 2.75) is 17.3 Å². The first kappa shape index (κ1) is 19.0. The molecular weight excluding hydrogens is 377 g/mol. The molecule has 0 saturated heterocycles. The van der Waals surface area contributed by atoms with E-state index >= 15 is 0 Å². The number of benzene rings is 2. The van der Waals surface area contributed by atoms with Gasteiger partial charge in [0.1, 0.15) is 17.5 Å². The second-order valence-electron chi connectivity index (χ2n) is 5.75. The van der Waals surface area contributed by atoms with Crippen LogP contribution in [0.15, 0.2) is 47.6 Å². The van der Waals surface area contributed by atoms with E-state index in [2.05, 4.69) is 15.5 Å². The van der Waals surface area contributed by atoms with Crippen molar-refractivity contribution in [3.8, 4) is 11.4 Å². The number of carbonyl (C=O) groups is 1. The van der Waals surface area contributed by atoms with Gasteiger partial charge < -0.3 is 9.88 Å². The average Bonchev–Trinajstić information content (AvgIpc) is 2.99. The molecule has 0 fully saturated rings. The van der Waals surface area contributed by atoms with Crippen LogP contribution in [0, 0.1) is 17.5 Å². The SMILES string of the molecule is C[C@H](Sc1nnc(-c2ccc(F)cc2)n1C)C(=O)Nc1cc(F)ccc1F. The predicted molar refractivity (Wildman–Crippen MR) is 96.7 cm³/mol. The lowest BCUT2D eigenvalue weighted by Crippen LogP contribution is -2.23. The minimum Gasteiger partial charge on any atom is -0.323 e. The highest BCUT2D eigenvalue weighted by molar-refractivity contribution is 8.00. The molecule has 27 heavy (non-hydrogen) atoms. The van der Waals surface area contributed by atoms with Crippen molar-refractivity contribution in [3.63, 3.8) is 0 Å². The summed E-state index contributed by atoms with van der Waals surface area (Å²) >= 11 is 1.11. The normalized spacial score (nSPS) is 12.0. The molecule has 2 aromatic carbocycles. The molecule has 140 valence electrons. The summed E-state index contributed by atoms with van der Waals surface area (Å²) in [6, 6.07) is 8.63. The molecule has 0 saturated carbocycles. The molecule has 5 nitrogen and oxygen atoms in total. The molecule has 0 aliphatic rings. The minimum atomic E-state index is -0.723. The number of nitrogens with zero attached hydrogens (tertiary/aromatic N) is 3. The first-order valence-corrected chi connectivity index (χ1v) is 8.81. The molecule has 1 N–H and O–H groups in total. The van der Waals surface area contributed by atoms with Gasteiger partial charge in [0.25, 0.3) is 0 Å². The fourth-order valence-corrected chi connectivity index (χ4v) is 3.12. The maximum Gasteiger partial charge on any atom is 0.237 e. The number of halogens is 3. The highest BCUT2D eigenvalue weighted by Gasteiger charge is 2.20. The van der Waals surface area contributed by atoms with E-state index < -0.39 is 22.8 Å². The van der Waals surface area contributed by atoms with Crippen LogP contribution in [-0.2, 0) is 11.8 Å². The molecule has 0 unspecified atom stereocenters. The van der Waals surface area contributed by atoms with Crippen molar-refractivity contribution in [2.75, 3.05) is 5.32 Å². The van der Waals surface area contributed by atoms with Gasteiger partial charge in [-0.3, -0.25) is 4.79 Å². The van der Waals surface area contributed by atoms with Gasteiger partial charge in [0.05, 0.1) is 10.9 Å². The van der Waals surface area contributed by atoms with Crippen molar-refractivity contribution in [3.05, 3.63) is 59.9 Å². The van der Waals surface area contributed by atoms with Crippen LogP contribution >= 0.6 is 11.8 Å². The second kappa shape index (κ2) is 7.83. The highest BCUT2D eigenvalue weighted by Crippen LogP contribution is 2.27. The Hall–Kier alpha value is -2.81. The number of nitrogens with one attached hydrogen (secondary N) is 1. The third-order valence-corrected chi connectivity index (χ3v) is 4.91. The van der Waals surface area contributed by atoms with E-state index in [1.54, 1.807) is 30.7 Å². The maximum atomic E-state index is 13.7. The molecule has 9 heteroatoms. The summed E-state index contributed by atoms with van der Waals surface area (Å²) in [6.45, 7) is 1.61. The number of amides is 1. The van der Waals surface area contributed by atoms with Gasteiger partial charge in [-0.2, -0.15) is 0 Å². The van der Waals surface area contributed by atoms with Gasteiger partial charge in [-0.05, 0) is 43.3 Å². The van der Waals surface area contributed by atoms with Crippen molar-refractivity contribution in [2.24, 2.45) is 7.05 Å². The number of anilines is 1. The highest BCUT2D eigenvalue weighted by atomic mass is 32.2. The average molecular weight is 392 g/mol. The van der Waals surface area contributed by atoms with Crippen LogP contribution in [-0.4, -0.2) is 25.9 Å². The summed E-state index contributed by atoms with van der Waals surface area (Å²) in [5.41, 5.74) is 0.453. The monoisotopic (exact) mass is 392 g/mol. The van der Waals surface area contributed by atoms with Crippen LogP contribution in [0.3, 0.4) is 0 Å². The Labute approximate surface area is 157 Å². The Morgan fingerprint density at radius 2 is 1.74 bits per heavy atom. The summed E-state index contributed by atoms with van der Waals surface area (Å²) < 4.78 is 41.6. The van der Waals surface area contributed by atoms with E-state index in [0.717, 1.165) is 30.0 Å². The number of aromatic nitrogens is 3. The van der Waals surface area contributed by atoms with Crippen LogP contribution in [0.1, 0.15) is 6.92 Å². The zero-order valence-corrected chi connectivity index (χ0v) is 15.2. The van der Waals surface area contributed by atoms with Gasteiger partial charge in [0.15, 0.2) is 11.0 Å². The minimum absolute atomic E-state index is 0.225. The van der Waals surface area contributed by atoms with Gasteiger partial charge in [-0.25, -0.2) is 13.2 Å². The molecule has 3 rings (SSSR count). The van der Waals surface area contributed by atoms with Gasteiger partial charge >= 0.3 is 0 Å². The molecule has 0 radical (unpaired) electrons. The van der Waals surface area contributed by atoms with E-state index in [1.165, 1.54) is 12.1 Å². The van der Waals surface area contributed by atoms with E-state index in [4.69, 9.17) is 0 Å². The van der Waals surface area contributed by atoms with Gasteiger partial charge in [-0.1, -0.05) is 11.8 Å². The second-order valence-corrected chi connectivity index (χ2v) is 7.05. The van der Waals surface area contributed by atoms with Crippen LogP contribution in [0.4, 0.5) is 18.9 Å². The van der Waals surface area contributed by atoms with Crippen molar-refractivity contribution in [1.29, 1.82) is 0 Å². The van der Waals surface area contributed by atoms with E-state index in [1.807, 2.05) is 0 Å². The quantitative estimate of drug-likeness (QED) is 0.667. The lowest BCUT2D eigenvalue weighted by molar-refractivity contribution is -0.115. The molecule has 0 aliphatic heterocycles. The molecule has 1 amide bonds. The molecule has 0 bridgehead atoms. The molecule has 1 aromatic heterocycles. The maximum absolute atomic E-state index is 13.7. The van der Waals surface area contributed by atoms with Gasteiger partial charge in [0.2, 0.25) is 5.91 Å². The molecule has 1 heterocycles. The number of thioether (sulfide) groups is 1. The Bertz CT molecular complexity index is 975. The standard InChI is InChI=1S/C18H15F3N4OS/c1-10(17(26)22-15-9-13(20)7-8-14(15)21)27-18-24-23-16(25(18)2)11-3-5-12(19)6-4-11/h3-10H,1-2H3,(H,22,26)/t10-/m0/s1. The number of rotatable bonds is 5. The van der Waals surface area contributed by atoms with Crippen molar-refractivity contribution < 1.29 is 18.0 Å². The number of hydrogen-bond donors (Lipinski definition) is 1. The van der Waals surface area contributed by atoms with Gasteiger partial charge in [-0.15, -0.1) is 10.2 Å². The van der Waals surface area contributed by atoms with E-state index in [-0.39, 0.29) is 11.5 Å². The Morgan fingerprint density at radius 3 is 2.44 bits per heavy atom. The zero-order chi connectivity index (χ0) is 19.6. The molecule has 0 aliphatic carbocycles. The molecule has 3 aromatic rings. The largest absolute Gasteiger partial charge is 0.323 e. The van der Waals surface area contributed by atoms with Crippen LogP contribution in [0.25, 0.3) is 11.4 Å². The molecule has 0 spiro atoms. The Balaban J connectivity index is 1.72. The van der Waals surface area contributed by atoms with E-state index in [0.29, 0.717) is 16.5 Å². The fraction of sp³-hybridized carbons (Fsp3) is 0.167. The lowest BCUT2D eigenvalue weighted by atomic mass is 10.2. The Kier molecular flexibility index (Phi) is 5.50. The molecular formula is C18H15F3N4OS. The summed E-state index contributed by atoms with van der Waals surface area (Å²) in [6.07, 6.45) is 0. The smallest absolute Gasteiger partial charge is 0.237 e.